The van der Waals surface area contributed by atoms with Gasteiger partial charge < -0.3 is 25.2 Å². The zero-order valence-electron chi connectivity index (χ0n) is 11.2. The van der Waals surface area contributed by atoms with E-state index in [-0.39, 0.29) is 19.0 Å². The number of para-hydroxylation sites is 1. The highest BCUT2D eigenvalue weighted by atomic mass is 16.5. The van der Waals surface area contributed by atoms with Gasteiger partial charge in [0.25, 0.3) is 0 Å². The van der Waals surface area contributed by atoms with E-state index in [4.69, 9.17) is 9.84 Å². The summed E-state index contributed by atoms with van der Waals surface area (Å²) in [7, 11) is 0. The van der Waals surface area contributed by atoms with Gasteiger partial charge in [-0.05, 0) is 6.07 Å². The molecular weight excluding hydrogens is 276 g/mol. The lowest BCUT2D eigenvalue weighted by atomic mass is 10.1. The Labute approximate surface area is 121 Å². The van der Waals surface area contributed by atoms with Crippen LogP contribution >= 0.6 is 0 Å². The molecule has 0 saturated carbocycles. The lowest BCUT2D eigenvalue weighted by molar-refractivity contribution is -0.141. The monoisotopic (exact) mass is 292 g/mol. The van der Waals surface area contributed by atoms with E-state index >= 15 is 0 Å². The van der Waals surface area contributed by atoms with Gasteiger partial charge in [0.1, 0.15) is 18.4 Å². The minimum atomic E-state index is -1.11. The SMILES string of the molecule is O=C(O)[C@@H]1CC(O)CN1C(=O)NC1COc2ccccc21. The summed E-state index contributed by atoms with van der Waals surface area (Å²) in [6.07, 6.45) is -0.746. The first-order chi connectivity index (χ1) is 10.1. The number of aliphatic hydroxyl groups excluding tert-OH is 1. The lowest BCUT2D eigenvalue weighted by Gasteiger charge is -2.23. The molecule has 1 fully saturated rings. The fourth-order valence-corrected chi connectivity index (χ4v) is 2.79. The second kappa shape index (κ2) is 5.25. The van der Waals surface area contributed by atoms with Crippen molar-refractivity contribution in [2.24, 2.45) is 0 Å². The quantitative estimate of drug-likeness (QED) is 0.730. The molecule has 2 aliphatic rings. The number of carboxylic acids is 1. The summed E-state index contributed by atoms with van der Waals surface area (Å²) >= 11 is 0. The Morgan fingerprint density at radius 1 is 1.33 bits per heavy atom. The first-order valence-electron chi connectivity index (χ1n) is 6.76. The maximum Gasteiger partial charge on any atom is 0.326 e. The highest BCUT2D eigenvalue weighted by Crippen LogP contribution is 2.32. The Morgan fingerprint density at radius 3 is 2.86 bits per heavy atom. The molecule has 112 valence electrons. The number of hydrogen-bond donors (Lipinski definition) is 3. The first kappa shape index (κ1) is 13.7. The van der Waals surface area contributed by atoms with E-state index in [0.29, 0.717) is 6.61 Å². The summed E-state index contributed by atoms with van der Waals surface area (Å²) < 4.78 is 5.47. The molecule has 0 bridgehead atoms. The molecule has 2 heterocycles. The van der Waals surface area contributed by atoms with Gasteiger partial charge in [-0.15, -0.1) is 0 Å². The molecular formula is C14H16N2O5. The third kappa shape index (κ3) is 2.52. The van der Waals surface area contributed by atoms with Gasteiger partial charge in [0.2, 0.25) is 0 Å². The molecule has 2 unspecified atom stereocenters. The number of benzene rings is 1. The lowest BCUT2D eigenvalue weighted by Crippen LogP contribution is -2.47. The van der Waals surface area contributed by atoms with Gasteiger partial charge in [-0.1, -0.05) is 18.2 Å². The molecule has 3 rings (SSSR count). The van der Waals surface area contributed by atoms with Gasteiger partial charge in [0, 0.05) is 18.5 Å². The van der Waals surface area contributed by atoms with Crippen molar-refractivity contribution in [1.82, 2.24) is 10.2 Å². The Balaban J connectivity index is 1.71. The van der Waals surface area contributed by atoms with Crippen LogP contribution in [0.15, 0.2) is 24.3 Å². The van der Waals surface area contributed by atoms with E-state index in [1.807, 2.05) is 24.3 Å². The number of carboxylic acid groups (broad SMARTS) is 1. The molecule has 7 nitrogen and oxygen atoms in total. The number of rotatable bonds is 2. The predicted octanol–water partition coefficient (Wildman–Crippen LogP) is 0.349. The Kier molecular flexibility index (Phi) is 3.42. The number of nitrogens with one attached hydrogen (secondary N) is 1. The Hall–Kier alpha value is -2.28. The van der Waals surface area contributed by atoms with Crippen LogP contribution in [0.3, 0.4) is 0 Å². The third-order valence-corrected chi connectivity index (χ3v) is 3.82. The van der Waals surface area contributed by atoms with Crippen LogP contribution < -0.4 is 10.1 Å². The molecule has 3 atom stereocenters. The maximum atomic E-state index is 12.3. The van der Waals surface area contributed by atoms with Gasteiger partial charge in [-0.25, -0.2) is 9.59 Å². The number of aliphatic hydroxyl groups is 1. The zero-order chi connectivity index (χ0) is 15.0. The number of β-amino-alcohol motifs (C(OH)–C–C–N with tert-alkyl or cyclic N) is 1. The molecule has 1 aromatic rings. The molecule has 0 radical (unpaired) electrons. The van der Waals surface area contributed by atoms with Crippen molar-refractivity contribution in [3.8, 4) is 5.75 Å². The van der Waals surface area contributed by atoms with Crippen molar-refractivity contribution < 1.29 is 24.5 Å². The number of ether oxygens (including phenoxy) is 1. The second-order valence-electron chi connectivity index (χ2n) is 5.25. The number of carbonyl (C=O) groups excluding carboxylic acids is 1. The molecule has 0 aliphatic carbocycles. The minimum absolute atomic E-state index is 0.0258. The van der Waals surface area contributed by atoms with Gasteiger partial charge in [0.15, 0.2) is 0 Å². The number of likely N-dealkylation sites (tertiary alicyclic amines) is 1. The molecule has 3 N–H and O–H groups in total. The summed E-state index contributed by atoms with van der Waals surface area (Å²) in [5.41, 5.74) is 0.873. The second-order valence-corrected chi connectivity index (χ2v) is 5.25. The summed E-state index contributed by atoms with van der Waals surface area (Å²) in [5.74, 6) is -0.385. The van der Waals surface area contributed by atoms with Gasteiger partial charge in [-0.3, -0.25) is 0 Å². The van der Waals surface area contributed by atoms with E-state index in [9.17, 15) is 14.7 Å². The van der Waals surface area contributed by atoms with Gasteiger partial charge >= 0.3 is 12.0 Å². The van der Waals surface area contributed by atoms with Crippen LogP contribution in [-0.4, -0.2) is 52.4 Å². The molecule has 1 saturated heterocycles. The van der Waals surface area contributed by atoms with Crippen LogP contribution in [0.25, 0.3) is 0 Å². The topological polar surface area (TPSA) is 99.1 Å². The van der Waals surface area contributed by atoms with E-state index < -0.39 is 24.1 Å². The number of fused-ring (bicyclic) bond motifs is 1. The van der Waals surface area contributed by atoms with Crippen molar-refractivity contribution in [2.45, 2.75) is 24.6 Å². The average molecular weight is 292 g/mol. The van der Waals surface area contributed by atoms with Crippen molar-refractivity contribution in [3.63, 3.8) is 0 Å². The van der Waals surface area contributed by atoms with Crippen LogP contribution in [0.1, 0.15) is 18.0 Å². The average Bonchev–Trinajstić information content (AvgIpc) is 3.03. The largest absolute Gasteiger partial charge is 0.491 e. The first-order valence-corrected chi connectivity index (χ1v) is 6.76. The minimum Gasteiger partial charge on any atom is -0.491 e. The molecule has 7 heteroatoms. The standard InChI is InChI=1S/C14H16N2O5/c17-8-5-11(13(18)19)16(6-8)14(20)15-10-7-21-12-4-2-1-3-9(10)12/h1-4,8,10-11,17H,5-7H2,(H,15,20)(H,18,19)/t8?,10?,11-/m0/s1. The number of urea groups is 1. The summed E-state index contributed by atoms with van der Waals surface area (Å²) in [6.45, 7) is 0.344. The zero-order valence-corrected chi connectivity index (χ0v) is 11.2. The highest BCUT2D eigenvalue weighted by molar-refractivity contribution is 5.83. The van der Waals surface area contributed by atoms with Crippen molar-refractivity contribution in [3.05, 3.63) is 29.8 Å². The van der Waals surface area contributed by atoms with E-state index in [1.165, 1.54) is 0 Å². The van der Waals surface area contributed by atoms with Crippen LogP contribution in [-0.2, 0) is 4.79 Å². The summed E-state index contributed by atoms with van der Waals surface area (Å²) in [6, 6.07) is 5.59. The van der Waals surface area contributed by atoms with Crippen LogP contribution in [0, 0.1) is 0 Å². The summed E-state index contributed by atoms with van der Waals surface area (Å²) in [5, 5.41) is 21.5. The molecule has 0 aromatic heterocycles. The summed E-state index contributed by atoms with van der Waals surface area (Å²) in [4.78, 5) is 24.6. The fourth-order valence-electron chi connectivity index (χ4n) is 2.79. The predicted molar refractivity (Wildman–Crippen MR) is 72.0 cm³/mol. The van der Waals surface area contributed by atoms with E-state index in [2.05, 4.69) is 5.32 Å². The highest BCUT2D eigenvalue weighted by Gasteiger charge is 2.40. The molecule has 1 aromatic carbocycles. The Morgan fingerprint density at radius 2 is 2.10 bits per heavy atom. The van der Waals surface area contributed by atoms with Crippen molar-refractivity contribution >= 4 is 12.0 Å². The number of hydrogen-bond acceptors (Lipinski definition) is 4. The maximum absolute atomic E-state index is 12.3. The van der Waals surface area contributed by atoms with E-state index in [1.54, 1.807) is 0 Å². The third-order valence-electron chi connectivity index (χ3n) is 3.82. The molecule has 0 spiro atoms. The number of aliphatic carboxylic acids is 1. The fraction of sp³-hybridized carbons (Fsp3) is 0.429. The van der Waals surface area contributed by atoms with Crippen molar-refractivity contribution in [1.29, 1.82) is 0 Å². The van der Waals surface area contributed by atoms with Crippen LogP contribution in [0.4, 0.5) is 4.79 Å². The number of carbonyl (C=O) groups is 2. The van der Waals surface area contributed by atoms with Crippen LogP contribution in [0.2, 0.25) is 0 Å². The Bertz CT molecular complexity index is 576. The normalized spacial score (nSPS) is 27.1. The van der Waals surface area contributed by atoms with Gasteiger partial charge in [0.05, 0.1) is 12.1 Å². The number of amides is 2. The van der Waals surface area contributed by atoms with Crippen LogP contribution in [0.5, 0.6) is 5.75 Å². The van der Waals surface area contributed by atoms with E-state index in [0.717, 1.165) is 16.2 Å². The number of nitrogens with zero attached hydrogens (tertiary/aromatic N) is 1. The van der Waals surface area contributed by atoms with Crippen molar-refractivity contribution in [2.75, 3.05) is 13.2 Å². The molecule has 2 amide bonds. The molecule has 21 heavy (non-hydrogen) atoms. The molecule has 2 aliphatic heterocycles. The van der Waals surface area contributed by atoms with Gasteiger partial charge in [-0.2, -0.15) is 0 Å². The smallest absolute Gasteiger partial charge is 0.326 e.